The molecule has 3 rings (SSSR count). The molecule has 1 saturated carbocycles. The van der Waals surface area contributed by atoms with E-state index in [0.717, 1.165) is 50.5 Å². The van der Waals surface area contributed by atoms with Crippen LogP contribution in [-0.4, -0.2) is 45.5 Å². The fourth-order valence-electron chi connectivity index (χ4n) is 3.79. The first-order chi connectivity index (χ1) is 12.7. The van der Waals surface area contributed by atoms with Gasteiger partial charge in [0.2, 0.25) is 0 Å². The van der Waals surface area contributed by atoms with Crippen molar-refractivity contribution in [3.05, 3.63) is 23.8 Å². The molecule has 2 aliphatic rings. The van der Waals surface area contributed by atoms with E-state index in [-0.39, 0.29) is 29.4 Å². The second-order valence-electron chi connectivity index (χ2n) is 7.02. The number of halogens is 1. The zero-order valence-electron chi connectivity index (χ0n) is 16.2. The van der Waals surface area contributed by atoms with Crippen molar-refractivity contribution in [2.45, 2.75) is 44.4 Å². The van der Waals surface area contributed by atoms with Crippen LogP contribution in [0.25, 0.3) is 0 Å². The van der Waals surface area contributed by atoms with Crippen LogP contribution in [0.4, 0.5) is 0 Å². The van der Waals surface area contributed by atoms with Crippen LogP contribution in [0.15, 0.2) is 23.2 Å². The average Bonchev–Trinajstić information content (AvgIpc) is 3.16. The molecule has 6 nitrogen and oxygen atoms in total. The second kappa shape index (κ2) is 10.9. The summed E-state index contributed by atoms with van der Waals surface area (Å²) in [6.07, 6.45) is 5.65. The van der Waals surface area contributed by atoms with Gasteiger partial charge in [-0.15, -0.1) is 24.0 Å². The molecule has 1 aliphatic carbocycles. The molecular weight excluding hydrogens is 457 g/mol. The number of nitrogens with zero attached hydrogens (tertiary/aromatic N) is 1. The third kappa shape index (κ3) is 5.88. The van der Waals surface area contributed by atoms with Crippen LogP contribution in [0.5, 0.6) is 11.5 Å². The Balaban J connectivity index is 0.00000261. The summed E-state index contributed by atoms with van der Waals surface area (Å²) in [5.41, 5.74) is 7.40. The molecule has 7 heteroatoms. The van der Waals surface area contributed by atoms with E-state index < -0.39 is 0 Å². The first-order valence-corrected chi connectivity index (χ1v) is 9.75. The third-order valence-corrected chi connectivity index (χ3v) is 5.24. The lowest BCUT2D eigenvalue weighted by molar-refractivity contribution is 0.145. The first kappa shape index (κ1) is 22.1. The summed E-state index contributed by atoms with van der Waals surface area (Å²) in [4.78, 5) is 4.66. The number of hydrogen-bond donors (Lipinski definition) is 2. The van der Waals surface area contributed by atoms with E-state index in [4.69, 9.17) is 19.9 Å². The van der Waals surface area contributed by atoms with Crippen LogP contribution in [0.1, 0.15) is 44.6 Å². The maximum absolute atomic E-state index is 6.07. The van der Waals surface area contributed by atoms with Crippen molar-refractivity contribution in [1.29, 1.82) is 0 Å². The molecule has 1 aliphatic heterocycles. The van der Waals surface area contributed by atoms with Crippen molar-refractivity contribution < 1.29 is 14.2 Å². The largest absolute Gasteiger partial charge is 0.486 e. The Morgan fingerprint density at radius 2 is 1.96 bits per heavy atom. The summed E-state index contributed by atoms with van der Waals surface area (Å²) in [6.45, 7) is 6.22. The molecule has 0 unspecified atom stereocenters. The number of nitrogens with two attached hydrogens (primary N) is 1. The lowest BCUT2D eigenvalue weighted by Gasteiger charge is -2.29. The quantitative estimate of drug-likeness (QED) is 0.254. The van der Waals surface area contributed by atoms with E-state index in [9.17, 15) is 0 Å². The molecule has 1 heterocycles. The van der Waals surface area contributed by atoms with Gasteiger partial charge in [0.1, 0.15) is 13.2 Å². The van der Waals surface area contributed by atoms with Crippen molar-refractivity contribution in [1.82, 2.24) is 5.32 Å². The fraction of sp³-hybridized carbons (Fsp3) is 0.650. The average molecular weight is 489 g/mol. The van der Waals surface area contributed by atoms with Gasteiger partial charge in [0.15, 0.2) is 17.5 Å². The minimum atomic E-state index is 0. The molecule has 3 N–H and O–H groups in total. The van der Waals surface area contributed by atoms with Gasteiger partial charge in [0.25, 0.3) is 0 Å². The van der Waals surface area contributed by atoms with Gasteiger partial charge in [-0.05, 0) is 43.9 Å². The minimum Gasteiger partial charge on any atom is -0.486 e. The smallest absolute Gasteiger partial charge is 0.188 e. The standard InChI is InChI=1S/C20H31N3O3.HI/c1-2-24-11-5-10-22-19(21)23-15-20(8-3-4-9-20)16-6-7-17-18(14-16)26-13-12-25-17;/h6-7,14H,2-5,8-13,15H2,1H3,(H3,21,22,23);1H. The normalized spacial score (nSPS) is 18.0. The lowest BCUT2D eigenvalue weighted by atomic mass is 9.79. The Hall–Kier alpha value is -1.22. The van der Waals surface area contributed by atoms with Gasteiger partial charge in [0.05, 0.1) is 6.54 Å². The third-order valence-electron chi connectivity index (χ3n) is 5.24. The Bertz CT molecular complexity index is 618. The van der Waals surface area contributed by atoms with E-state index in [2.05, 4.69) is 22.4 Å². The van der Waals surface area contributed by atoms with Gasteiger partial charge in [-0.3, -0.25) is 4.99 Å². The van der Waals surface area contributed by atoms with Gasteiger partial charge in [-0.2, -0.15) is 0 Å². The van der Waals surface area contributed by atoms with Crippen LogP contribution >= 0.6 is 24.0 Å². The SMILES string of the molecule is CCOCCCNC(N)=NCC1(c2ccc3c(c2)OCCO3)CCCC1.I. The van der Waals surface area contributed by atoms with Gasteiger partial charge >= 0.3 is 0 Å². The molecule has 27 heavy (non-hydrogen) atoms. The van der Waals surface area contributed by atoms with Crippen LogP contribution in [0, 0.1) is 0 Å². The number of benzene rings is 1. The van der Waals surface area contributed by atoms with Gasteiger partial charge in [-0.1, -0.05) is 18.9 Å². The number of guanidine groups is 1. The Labute approximate surface area is 179 Å². The summed E-state index contributed by atoms with van der Waals surface area (Å²) in [6, 6.07) is 6.34. The van der Waals surface area contributed by atoms with E-state index >= 15 is 0 Å². The van der Waals surface area contributed by atoms with Crippen molar-refractivity contribution in [2.24, 2.45) is 10.7 Å². The fourth-order valence-corrected chi connectivity index (χ4v) is 3.79. The summed E-state index contributed by atoms with van der Waals surface area (Å²) in [5.74, 6) is 2.21. The number of ether oxygens (including phenoxy) is 3. The highest BCUT2D eigenvalue weighted by Gasteiger charge is 2.36. The van der Waals surface area contributed by atoms with E-state index in [1.165, 1.54) is 18.4 Å². The second-order valence-corrected chi connectivity index (χ2v) is 7.02. The number of aliphatic imine (C=N–C) groups is 1. The highest BCUT2D eigenvalue weighted by molar-refractivity contribution is 14.0. The van der Waals surface area contributed by atoms with Crippen molar-refractivity contribution in [3.63, 3.8) is 0 Å². The monoisotopic (exact) mass is 489 g/mol. The van der Waals surface area contributed by atoms with Gasteiger partial charge in [-0.25, -0.2) is 0 Å². The number of rotatable bonds is 8. The first-order valence-electron chi connectivity index (χ1n) is 9.75. The maximum Gasteiger partial charge on any atom is 0.188 e. The van der Waals surface area contributed by atoms with E-state index in [1.54, 1.807) is 0 Å². The van der Waals surface area contributed by atoms with Crippen LogP contribution in [0.3, 0.4) is 0 Å². The lowest BCUT2D eigenvalue weighted by Crippen LogP contribution is -2.35. The maximum atomic E-state index is 6.07. The molecule has 0 aromatic heterocycles. The van der Waals surface area contributed by atoms with Crippen LogP contribution < -0.4 is 20.5 Å². The minimum absolute atomic E-state index is 0. The van der Waals surface area contributed by atoms with Gasteiger partial charge < -0.3 is 25.3 Å². The predicted molar refractivity (Wildman–Crippen MR) is 119 cm³/mol. The van der Waals surface area contributed by atoms with Gasteiger partial charge in [0, 0.05) is 25.2 Å². The highest BCUT2D eigenvalue weighted by atomic mass is 127. The molecule has 0 radical (unpaired) electrons. The van der Waals surface area contributed by atoms with Crippen molar-refractivity contribution >= 4 is 29.9 Å². The topological polar surface area (TPSA) is 78.1 Å². The summed E-state index contributed by atoms with van der Waals surface area (Å²) in [5, 5.41) is 3.19. The van der Waals surface area contributed by atoms with E-state index in [0.29, 0.717) is 25.7 Å². The molecule has 0 saturated heterocycles. The zero-order valence-corrected chi connectivity index (χ0v) is 18.5. The van der Waals surface area contributed by atoms with Crippen LogP contribution in [-0.2, 0) is 10.2 Å². The summed E-state index contributed by atoms with van der Waals surface area (Å²) in [7, 11) is 0. The van der Waals surface area contributed by atoms with Crippen molar-refractivity contribution in [3.8, 4) is 11.5 Å². The molecular formula is C20H32IN3O3. The van der Waals surface area contributed by atoms with Crippen molar-refractivity contribution in [2.75, 3.05) is 39.5 Å². The van der Waals surface area contributed by atoms with E-state index in [1.807, 2.05) is 13.0 Å². The summed E-state index contributed by atoms with van der Waals surface area (Å²) >= 11 is 0. The number of fused-ring (bicyclic) bond motifs is 1. The predicted octanol–water partition coefficient (Wildman–Crippen LogP) is 3.22. The van der Waals surface area contributed by atoms with Crippen LogP contribution in [0.2, 0.25) is 0 Å². The summed E-state index contributed by atoms with van der Waals surface area (Å²) < 4.78 is 16.8. The Kier molecular flexibility index (Phi) is 8.95. The molecule has 0 bridgehead atoms. The molecule has 152 valence electrons. The molecule has 0 spiro atoms. The number of hydrogen-bond acceptors (Lipinski definition) is 4. The Morgan fingerprint density at radius 3 is 2.70 bits per heavy atom. The molecule has 0 atom stereocenters. The molecule has 1 aromatic rings. The molecule has 1 fully saturated rings. The number of nitrogens with one attached hydrogen (secondary N) is 1. The highest BCUT2D eigenvalue weighted by Crippen LogP contribution is 2.44. The molecule has 0 amide bonds. The Morgan fingerprint density at radius 1 is 1.22 bits per heavy atom. The molecule has 1 aromatic carbocycles. The zero-order chi connectivity index (χ0) is 18.2.